The summed E-state index contributed by atoms with van der Waals surface area (Å²) >= 11 is 0. The van der Waals surface area contributed by atoms with Gasteiger partial charge in [-0.15, -0.1) is 0 Å². The third kappa shape index (κ3) is 3.70. The van der Waals surface area contributed by atoms with Crippen LogP contribution in [0.25, 0.3) is 0 Å². The maximum Gasteiger partial charge on any atom is 0.229 e. The van der Waals surface area contributed by atoms with Gasteiger partial charge in [-0.2, -0.15) is 0 Å². The van der Waals surface area contributed by atoms with E-state index in [1.54, 1.807) is 0 Å². The lowest BCUT2D eigenvalue weighted by atomic mass is 10.1. The number of anilines is 2. The fraction of sp³-hybridized carbons (Fsp3) is 0.350. The van der Waals surface area contributed by atoms with E-state index in [4.69, 9.17) is 4.74 Å². The highest BCUT2D eigenvalue weighted by atomic mass is 16.5. The Hall–Kier alpha value is -2.49. The van der Waals surface area contributed by atoms with Crippen LogP contribution in [0.5, 0.6) is 5.75 Å². The number of para-hydroxylation sites is 1. The molecule has 2 aromatic rings. The minimum Gasteiger partial charge on any atom is -0.494 e. The zero-order valence-corrected chi connectivity index (χ0v) is 14.3. The van der Waals surface area contributed by atoms with Crippen LogP contribution in [0.15, 0.2) is 48.5 Å². The van der Waals surface area contributed by atoms with Crippen molar-refractivity contribution in [1.82, 2.24) is 0 Å². The van der Waals surface area contributed by atoms with Gasteiger partial charge >= 0.3 is 0 Å². The van der Waals surface area contributed by atoms with Crippen molar-refractivity contribution in [3.05, 3.63) is 54.1 Å². The molecule has 1 saturated heterocycles. The molecule has 1 unspecified atom stereocenters. The zero-order chi connectivity index (χ0) is 16.9. The normalized spacial score (nSPS) is 16.9. The lowest BCUT2D eigenvalue weighted by Gasteiger charge is -2.18. The summed E-state index contributed by atoms with van der Waals surface area (Å²) in [7, 11) is 0. The summed E-state index contributed by atoms with van der Waals surface area (Å²) in [5.41, 5.74) is 3.07. The number of nitrogens with zero attached hydrogens (tertiary/aromatic N) is 1. The lowest BCUT2D eigenvalue weighted by Crippen LogP contribution is -2.27. The van der Waals surface area contributed by atoms with Crippen LogP contribution in [-0.2, 0) is 4.79 Å². The van der Waals surface area contributed by atoms with Gasteiger partial charge in [-0.1, -0.05) is 18.2 Å². The summed E-state index contributed by atoms with van der Waals surface area (Å²) in [6, 6.07) is 16.0. The van der Waals surface area contributed by atoms with Crippen LogP contribution < -0.4 is 15.0 Å². The third-order valence-corrected chi connectivity index (χ3v) is 4.45. The number of hydrogen-bond donors (Lipinski definition) is 1. The number of carbonyl (C=O) groups excluding carboxylic acids is 1. The molecule has 0 aromatic heterocycles. The van der Waals surface area contributed by atoms with Gasteiger partial charge in [0, 0.05) is 24.5 Å². The molecular formula is C20H24N2O2. The van der Waals surface area contributed by atoms with Crippen molar-refractivity contribution in [2.45, 2.75) is 20.3 Å². The minimum absolute atomic E-state index is 0.0242. The van der Waals surface area contributed by atoms with Crippen molar-refractivity contribution >= 4 is 17.3 Å². The van der Waals surface area contributed by atoms with Gasteiger partial charge in [0.1, 0.15) is 5.75 Å². The average Bonchev–Trinajstić information content (AvgIpc) is 3.08. The van der Waals surface area contributed by atoms with Gasteiger partial charge in [0.05, 0.1) is 12.5 Å². The molecule has 1 aliphatic rings. The molecule has 1 aliphatic heterocycles. The average molecular weight is 324 g/mol. The standard InChI is InChI=1S/C20H24N2O2/c1-3-24-18-9-10-19(15(2)13-18)21-20(23)16-11-12-22(14-16)17-7-5-4-6-8-17/h4-10,13,16H,3,11-12,14H2,1-2H3,(H,21,23). The molecule has 1 fully saturated rings. The van der Waals surface area contributed by atoms with Gasteiger partial charge in [-0.3, -0.25) is 4.79 Å². The molecule has 0 aliphatic carbocycles. The number of ether oxygens (including phenoxy) is 1. The van der Waals surface area contributed by atoms with E-state index in [0.29, 0.717) is 6.61 Å². The van der Waals surface area contributed by atoms with Gasteiger partial charge in [0.2, 0.25) is 5.91 Å². The maximum absolute atomic E-state index is 12.6. The summed E-state index contributed by atoms with van der Waals surface area (Å²) in [6.07, 6.45) is 0.886. The monoisotopic (exact) mass is 324 g/mol. The molecule has 0 bridgehead atoms. The van der Waals surface area contributed by atoms with Crippen LogP contribution in [-0.4, -0.2) is 25.6 Å². The highest BCUT2D eigenvalue weighted by molar-refractivity contribution is 5.94. The molecule has 24 heavy (non-hydrogen) atoms. The predicted octanol–water partition coefficient (Wildman–Crippen LogP) is 3.86. The van der Waals surface area contributed by atoms with Crippen molar-refractivity contribution in [3.63, 3.8) is 0 Å². The van der Waals surface area contributed by atoms with Crippen molar-refractivity contribution in [2.24, 2.45) is 5.92 Å². The molecule has 0 spiro atoms. The second-order valence-electron chi connectivity index (χ2n) is 6.17. The van der Waals surface area contributed by atoms with E-state index in [1.165, 1.54) is 5.69 Å². The molecule has 1 atom stereocenters. The third-order valence-electron chi connectivity index (χ3n) is 4.45. The first kappa shape index (κ1) is 16.4. The molecule has 2 aromatic carbocycles. The molecule has 1 amide bonds. The number of hydrogen-bond acceptors (Lipinski definition) is 3. The number of benzene rings is 2. The van der Waals surface area contributed by atoms with E-state index < -0.39 is 0 Å². The Bertz CT molecular complexity index is 700. The summed E-state index contributed by atoms with van der Waals surface area (Å²) < 4.78 is 5.49. The topological polar surface area (TPSA) is 41.6 Å². The summed E-state index contributed by atoms with van der Waals surface area (Å²) in [5, 5.41) is 3.07. The van der Waals surface area contributed by atoms with E-state index in [-0.39, 0.29) is 11.8 Å². The van der Waals surface area contributed by atoms with Gasteiger partial charge in [0.25, 0.3) is 0 Å². The van der Waals surface area contributed by atoms with Crippen LogP contribution in [0, 0.1) is 12.8 Å². The summed E-state index contributed by atoms with van der Waals surface area (Å²) in [6.45, 7) is 6.28. The Labute approximate surface area is 143 Å². The fourth-order valence-electron chi connectivity index (χ4n) is 3.12. The second kappa shape index (κ2) is 7.39. The fourth-order valence-corrected chi connectivity index (χ4v) is 3.12. The number of amides is 1. The summed E-state index contributed by atoms with van der Waals surface area (Å²) in [5.74, 6) is 0.959. The van der Waals surface area contributed by atoms with E-state index in [0.717, 1.165) is 36.5 Å². The largest absolute Gasteiger partial charge is 0.494 e. The minimum atomic E-state index is 0.0242. The number of nitrogens with one attached hydrogen (secondary N) is 1. The molecule has 1 heterocycles. The quantitative estimate of drug-likeness (QED) is 0.908. The highest BCUT2D eigenvalue weighted by Crippen LogP contribution is 2.26. The second-order valence-corrected chi connectivity index (χ2v) is 6.17. The Balaban J connectivity index is 1.62. The number of carbonyl (C=O) groups is 1. The van der Waals surface area contributed by atoms with Crippen LogP contribution in [0.1, 0.15) is 18.9 Å². The molecule has 0 saturated carbocycles. The van der Waals surface area contributed by atoms with Crippen LogP contribution in [0.4, 0.5) is 11.4 Å². The van der Waals surface area contributed by atoms with E-state index >= 15 is 0 Å². The van der Waals surface area contributed by atoms with Crippen molar-refractivity contribution in [3.8, 4) is 5.75 Å². The first-order valence-electron chi connectivity index (χ1n) is 8.51. The predicted molar refractivity (Wildman–Crippen MR) is 97.7 cm³/mol. The van der Waals surface area contributed by atoms with E-state index in [1.807, 2.05) is 50.2 Å². The van der Waals surface area contributed by atoms with Crippen LogP contribution >= 0.6 is 0 Å². The molecule has 1 N–H and O–H groups in total. The van der Waals surface area contributed by atoms with Gasteiger partial charge in [-0.05, 0) is 56.2 Å². The molecule has 4 heteroatoms. The first-order chi connectivity index (χ1) is 11.7. The Morgan fingerprint density at radius 1 is 1.25 bits per heavy atom. The van der Waals surface area contributed by atoms with Crippen LogP contribution in [0.2, 0.25) is 0 Å². The van der Waals surface area contributed by atoms with Gasteiger partial charge < -0.3 is 15.0 Å². The number of aryl methyl sites for hydroxylation is 1. The molecular weight excluding hydrogens is 300 g/mol. The number of rotatable bonds is 5. The molecule has 126 valence electrons. The zero-order valence-electron chi connectivity index (χ0n) is 14.3. The molecule has 0 radical (unpaired) electrons. The van der Waals surface area contributed by atoms with Crippen LogP contribution in [0.3, 0.4) is 0 Å². The molecule has 3 rings (SSSR count). The van der Waals surface area contributed by atoms with Crippen molar-refractivity contribution in [1.29, 1.82) is 0 Å². The van der Waals surface area contributed by atoms with Gasteiger partial charge in [-0.25, -0.2) is 0 Å². The van der Waals surface area contributed by atoms with E-state index in [9.17, 15) is 4.79 Å². The lowest BCUT2D eigenvalue weighted by molar-refractivity contribution is -0.119. The Morgan fingerprint density at radius 3 is 2.75 bits per heavy atom. The molecule has 4 nitrogen and oxygen atoms in total. The highest BCUT2D eigenvalue weighted by Gasteiger charge is 2.28. The smallest absolute Gasteiger partial charge is 0.229 e. The first-order valence-corrected chi connectivity index (χ1v) is 8.51. The van der Waals surface area contributed by atoms with Crippen molar-refractivity contribution in [2.75, 3.05) is 29.9 Å². The van der Waals surface area contributed by atoms with Gasteiger partial charge in [0.15, 0.2) is 0 Å². The Morgan fingerprint density at radius 2 is 2.04 bits per heavy atom. The van der Waals surface area contributed by atoms with Crippen molar-refractivity contribution < 1.29 is 9.53 Å². The SMILES string of the molecule is CCOc1ccc(NC(=O)C2CCN(c3ccccc3)C2)c(C)c1. The Kier molecular flexibility index (Phi) is 5.04. The van der Waals surface area contributed by atoms with E-state index in [2.05, 4.69) is 22.3 Å². The summed E-state index contributed by atoms with van der Waals surface area (Å²) in [4.78, 5) is 14.9. The maximum atomic E-state index is 12.6.